The van der Waals surface area contributed by atoms with Gasteiger partial charge in [-0.05, 0) is 43.2 Å². The van der Waals surface area contributed by atoms with Gasteiger partial charge in [0.25, 0.3) is 15.9 Å². The second-order valence-electron chi connectivity index (χ2n) is 5.57. The molecule has 2 aromatic heterocycles. The molecular formula is C15H11ClFN3O3S2. The zero-order valence-corrected chi connectivity index (χ0v) is 15.0. The molecule has 0 amide bonds. The number of nitrogens with one attached hydrogen (secondary N) is 1. The van der Waals surface area contributed by atoms with Crippen molar-refractivity contribution >= 4 is 38.6 Å². The SMILES string of the molecule is O=S(=O)(Nc1ccc(F)c(Cl)c1)c1ccc(-c2nnc(C3CC3)o2)s1. The Balaban J connectivity index is 1.57. The molecule has 0 atom stereocenters. The Bertz CT molecular complexity index is 1040. The van der Waals surface area contributed by atoms with Crippen LogP contribution in [0.4, 0.5) is 10.1 Å². The molecular weight excluding hydrogens is 389 g/mol. The van der Waals surface area contributed by atoms with E-state index < -0.39 is 15.8 Å². The highest BCUT2D eigenvalue weighted by Gasteiger charge is 2.30. The van der Waals surface area contributed by atoms with Crippen molar-refractivity contribution in [3.8, 4) is 10.8 Å². The van der Waals surface area contributed by atoms with Gasteiger partial charge in [-0.1, -0.05) is 11.6 Å². The predicted octanol–water partition coefficient (Wildman–Crippen LogP) is 4.27. The summed E-state index contributed by atoms with van der Waals surface area (Å²) in [6.07, 6.45) is 2.08. The number of benzene rings is 1. The minimum atomic E-state index is -3.83. The van der Waals surface area contributed by atoms with Crippen LogP contribution in [0.3, 0.4) is 0 Å². The normalized spacial score (nSPS) is 14.6. The van der Waals surface area contributed by atoms with E-state index in [4.69, 9.17) is 16.0 Å². The lowest BCUT2D eigenvalue weighted by Crippen LogP contribution is -2.11. The molecule has 1 fully saturated rings. The molecule has 1 aliphatic carbocycles. The van der Waals surface area contributed by atoms with E-state index in [-0.39, 0.29) is 14.9 Å². The molecule has 1 aromatic carbocycles. The molecule has 2 heterocycles. The summed E-state index contributed by atoms with van der Waals surface area (Å²) in [5.41, 5.74) is 0.176. The first kappa shape index (κ1) is 16.5. The lowest BCUT2D eigenvalue weighted by atomic mass is 10.3. The zero-order valence-electron chi connectivity index (χ0n) is 12.6. The Morgan fingerprint density at radius 1 is 1.24 bits per heavy atom. The monoisotopic (exact) mass is 399 g/mol. The van der Waals surface area contributed by atoms with Gasteiger partial charge in [-0.25, -0.2) is 12.8 Å². The largest absolute Gasteiger partial charge is 0.420 e. The van der Waals surface area contributed by atoms with Gasteiger partial charge < -0.3 is 4.42 Å². The van der Waals surface area contributed by atoms with Gasteiger partial charge in [-0.2, -0.15) is 0 Å². The Morgan fingerprint density at radius 3 is 2.76 bits per heavy atom. The molecule has 3 aromatic rings. The molecule has 6 nitrogen and oxygen atoms in total. The van der Waals surface area contributed by atoms with Crippen LogP contribution in [0.2, 0.25) is 5.02 Å². The molecule has 0 saturated heterocycles. The second kappa shape index (κ2) is 6.08. The third-order valence-corrected chi connectivity index (χ3v) is 6.83. The quantitative estimate of drug-likeness (QED) is 0.692. The van der Waals surface area contributed by atoms with Gasteiger partial charge in [0.2, 0.25) is 5.89 Å². The fourth-order valence-electron chi connectivity index (χ4n) is 2.17. The number of aromatic nitrogens is 2. The number of hydrogen-bond acceptors (Lipinski definition) is 6. The first-order valence-electron chi connectivity index (χ1n) is 7.34. The van der Waals surface area contributed by atoms with Gasteiger partial charge in [0, 0.05) is 5.92 Å². The summed E-state index contributed by atoms with van der Waals surface area (Å²) in [6.45, 7) is 0. The van der Waals surface area contributed by atoms with E-state index in [1.54, 1.807) is 6.07 Å². The molecule has 0 bridgehead atoms. The third-order valence-electron chi connectivity index (χ3n) is 3.60. The van der Waals surface area contributed by atoms with Crippen LogP contribution in [0.15, 0.2) is 39.0 Å². The van der Waals surface area contributed by atoms with Crippen LogP contribution in [0.25, 0.3) is 10.8 Å². The molecule has 130 valence electrons. The van der Waals surface area contributed by atoms with E-state index >= 15 is 0 Å². The first-order chi connectivity index (χ1) is 11.9. The highest BCUT2D eigenvalue weighted by Crippen LogP contribution is 2.40. The maximum atomic E-state index is 13.2. The summed E-state index contributed by atoms with van der Waals surface area (Å²) in [5.74, 6) is 0.602. The lowest BCUT2D eigenvalue weighted by Gasteiger charge is -2.06. The number of sulfonamides is 1. The summed E-state index contributed by atoms with van der Waals surface area (Å²) in [5, 5.41) is 7.79. The van der Waals surface area contributed by atoms with Crippen LogP contribution >= 0.6 is 22.9 Å². The van der Waals surface area contributed by atoms with Crippen molar-refractivity contribution in [1.29, 1.82) is 0 Å². The van der Waals surface area contributed by atoms with E-state index in [9.17, 15) is 12.8 Å². The molecule has 4 rings (SSSR count). The lowest BCUT2D eigenvalue weighted by molar-refractivity contribution is 0.509. The van der Waals surface area contributed by atoms with Gasteiger partial charge >= 0.3 is 0 Å². The average Bonchev–Trinajstić information content (AvgIpc) is 3.10. The number of rotatable bonds is 5. The second-order valence-corrected chi connectivity index (χ2v) is 8.97. The minimum absolute atomic E-state index is 0.0779. The smallest absolute Gasteiger partial charge is 0.271 e. The highest BCUT2D eigenvalue weighted by atomic mass is 35.5. The van der Waals surface area contributed by atoms with Gasteiger partial charge in [-0.15, -0.1) is 21.5 Å². The van der Waals surface area contributed by atoms with E-state index in [2.05, 4.69) is 14.9 Å². The number of halogens is 2. The van der Waals surface area contributed by atoms with Gasteiger partial charge in [0.15, 0.2) is 0 Å². The van der Waals surface area contributed by atoms with Crippen molar-refractivity contribution in [2.75, 3.05) is 4.72 Å². The van der Waals surface area contributed by atoms with Crippen molar-refractivity contribution in [1.82, 2.24) is 10.2 Å². The van der Waals surface area contributed by atoms with Gasteiger partial charge in [-0.3, -0.25) is 4.72 Å². The predicted molar refractivity (Wildman–Crippen MR) is 91.8 cm³/mol. The summed E-state index contributed by atoms with van der Waals surface area (Å²) in [7, 11) is -3.83. The zero-order chi connectivity index (χ0) is 17.6. The van der Waals surface area contributed by atoms with Crippen molar-refractivity contribution < 1.29 is 17.2 Å². The molecule has 25 heavy (non-hydrogen) atoms. The number of nitrogens with zero attached hydrogens (tertiary/aromatic N) is 2. The fraction of sp³-hybridized carbons (Fsp3) is 0.200. The van der Waals surface area contributed by atoms with Crippen LogP contribution < -0.4 is 4.72 Å². The number of hydrogen-bond donors (Lipinski definition) is 1. The summed E-state index contributed by atoms with van der Waals surface area (Å²) < 4.78 is 46.1. The van der Waals surface area contributed by atoms with Crippen LogP contribution in [0.5, 0.6) is 0 Å². The first-order valence-corrected chi connectivity index (χ1v) is 10.0. The maximum absolute atomic E-state index is 13.2. The Kier molecular flexibility index (Phi) is 4.01. The van der Waals surface area contributed by atoms with Crippen molar-refractivity contribution in [3.63, 3.8) is 0 Å². The molecule has 1 aliphatic rings. The molecule has 10 heteroatoms. The molecule has 0 radical (unpaired) electrons. The van der Waals surface area contributed by atoms with Crippen LogP contribution in [-0.2, 0) is 10.0 Å². The van der Waals surface area contributed by atoms with E-state index in [0.717, 1.165) is 30.2 Å². The van der Waals surface area contributed by atoms with E-state index in [1.165, 1.54) is 18.2 Å². The maximum Gasteiger partial charge on any atom is 0.271 e. The topological polar surface area (TPSA) is 85.1 Å². The standard InChI is InChI=1S/C15H11ClFN3O3S2/c16-10-7-9(3-4-11(10)17)20-25(21,22)13-6-5-12(24-13)15-19-18-14(23-15)8-1-2-8/h3-8,20H,1-2H2. The fourth-order valence-corrected chi connectivity index (χ4v) is 4.63. The van der Waals surface area contributed by atoms with Crippen LogP contribution in [-0.4, -0.2) is 18.6 Å². The third kappa shape index (κ3) is 3.39. The van der Waals surface area contributed by atoms with E-state index in [0.29, 0.717) is 22.6 Å². The van der Waals surface area contributed by atoms with Crippen molar-refractivity contribution in [2.45, 2.75) is 23.0 Å². The van der Waals surface area contributed by atoms with Gasteiger partial charge in [0.05, 0.1) is 15.6 Å². The molecule has 0 spiro atoms. The summed E-state index contributed by atoms with van der Waals surface area (Å²) >= 11 is 6.68. The molecule has 0 aliphatic heterocycles. The molecule has 1 N–H and O–H groups in total. The average molecular weight is 400 g/mol. The van der Waals surface area contributed by atoms with Gasteiger partial charge in [0.1, 0.15) is 10.0 Å². The van der Waals surface area contributed by atoms with Crippen molar-refractivity contribution in [3.05, 3.63) is 47.1 Å². The Hall–Kier alpha value is -1.97. The minimum Gasteiger partial charge on any atom is -0.420 e. The summed E-state index contributed by atoms with van der Waals surface area (Å²) in [4.78, 5) is 0.567. The number of anilines is 1. The van der Waals surface area contributed by atoms with Crippen molar-refractivity contribution in [2.24, 2.45) is 0 Å². The Labute approximate surface area is 151 Å². The summed E-state index contributed by atoms with van der Waals surface area (Å²) in [6, 6.07) is 6.67. The molecule has 1 saturated carbocycles. The number of thiophene rings is 1. The van der Waals surface area contributed by atoms with Crippen LogP contribution in [0, 0.1) is 5.82 Å². The highest BCUT2D eigenvalue weighted by molar-refractivity contribution is 7.94. The van der Waals surface area contributed by atoms with Crippen LogP contribution in [0.1, 0.15) is 24.7 Å². The Morgan fingerprint density at radius 2 is 2.04 bits per heavy atom. The molecule has 0 unspecified atom stereocenters. The van der Waals surface area contributed by atoms with E-state index in [1.807, 2.05) is 0 Å².